The lowest BCUT2D eigenvalue weighted by molar-refractivity contribution is 0.190. The molecular formula is C25H55NO2Si5. The third kappa shape index (κ3) is 13.2. The first kappa shape index (κ1) is 31.2. The standard InChI is InChI=1S/C8H16O2Si.C7H14Si.C6H17NSi2.C4H8Si/c1-3-9-11(10-4-2)7-5-6-8-11;1-3-8(2)6-4-5-7-8;1-8(2)5-6-9(3,4)7-8;1-2-4-5-3-1/h5-6H,3-4,7-8H2,1-2H3;3H,1,4-7H2,2H3;7H,5-6H2,1-4H3;1-2H,3-5H2. The summed E-state index contributed by atoms with van der Waals surface area (Å²) < 4.78 is 15.2. The van der Waals surface area contributed by atoms with Gasteiger partial charge in [-0.05, 0) is 38.0 Å². The first-order chi connectivity index (χ1) is 15.5. The maximum atomic E-state index is 5.68. The molecule has 0 radical (unpaired) electrons. The first-order valence-electron chi connectivity index (χ1n) is 13.5. The molecule has 0 unspecified atom stereocenters. The Labute approximate surface area is 213 Å². The van der Waals surface area contributed by atoms with Gasteiger partial charge >= 0.3 is 8.56 Å². The Hall–Kier alpha value is 0.184. The van der Waals surface area contributed by atoms with Gasteiger partial charge in [-0.2, -0.15) is 0 Å². The van der Waals surface area contributed by atoms with Gasteiger partial charge in [-0.3, -0.25) is 0 Å². The van der Waals surface area contributed by atoms with Crippen molar-refractivity contribution in [3.63, 3.8) is 0 Å². The number of hydrogen-bond acceptors (Lipinski definition) is 3. The minimum absolute atomic E-state index is 0.432. The predicted molar refractivity (Wildman–Crippen MR) is 163 cm³/mol. The van der Waals surface area contributed by atoms with Gasteiger partial charge in [-0.1, -0.05) is 82.0 Å². The van der Waals surface area contributed by atoms with E-state index in [2.05, 4.69) is 74.0 Å². The minimum atomic E-state index is -1.74. The molecule has 2 saturated heterocycles. The Kier molecular flexibility index (Phi) is 14.5. The van der Waals surface area contributed by atoms with Crippen LogP contribution in [0.2, 0.25) is 81.1 Å². The molecular weight excluding hydrogens is 487 g/mol. The first-order valence-corrected chi connectivity index (χ1v) is 27.2. The zero-order valence-electron chi connectivity index (χ0n) is 23.1. The molecule has 0 aromatic heterocycles. The summed E-state index contributed by atoms with van der Waals surface area (Å²) in [6, 6.07) is 11.0. The van der Waals surface area contributed by atoms with Crippen molar-refractivity contribution in [1.29, 1.82) is 0 Å². The van der Waals surface area contributed by atoms with E-state index in [-0.39, 0.29) is 0 Å². The van der Waals surface area contributed by atoms with Gasteiger partial charge in [0.25, 0.3) is 0 Å². The molecule has 0 aromatic rings. The SMILES string of the molecule is C1=CC[SiH2]C1.C=C[Si]1(C)CCCC1.CCO[Si]1(OCC)CC=CC1.C[Si]1(C)CC[Si](C)(C)N1. The lowest BCUT2D eigenvalue weighted by Crippen LogP contribution is -2.50. The van der Waals surface area contributed by atoms with Crippen molar-refractivity contribution in [3.05, 3.63) is 36.6 Å². The second-order valence-electron chi connectivity index (χ2n) is 11.5. The van der Waals surface area contributed by atoms with Crippen LogP contribution in [0, 0.1) is 0 Å². The summed E-state index contributed by atoms with van der Waals surface area (Å²) in [7, 11) is -3.84. The molecule has 4 aliphatic rings. The van der Waals surface area contributed by atoms with Gasteiger partial charge in [0.15, 0.2) is 0 Å². The molecule has 4 heterocycles. The quantitative estimate of drug-likeness (QED) is 0.294. The predicted octanol–water partition coefficient (Wildman–Crippen LogP) is 7.22. The van der Waals surface area contributed by atoms with Gasteiger partial charge in [0, 0.05) is 34.8 Å². The molecule has 2 fully saturated rings. The Morgan fingerprint density at radius 2 is 1.24 bits per heavy atom. The van der Waals surface area contributed by atoms with Crippen LogP contribution < -0.4 is 4.65 Å². The second-order valence-corrected chi connectivity index (χ2v) is 30.8. The van der Waals surface area contributed by atoms with E-state index in [1.807, 2.05) is 13.8 Å². The average Bonchev–Trinajstić information content (AvgIpc) is 3.54. The zero-order valence-corrected chi connectivity index (χ0v) is 28.5. The molecule has 0 aliphatic carbocycles. The Bertz CT molecular complexity index is 580. The van der Waals surface area contributed by atoms with E-state index in [4.69, 9.17) is 8.85 Å². The monoisotopic (exact) mass is 541 g/mol. The number of hydrogen-bond donors (Lipinski definition) is 1. The summed E-state index contributed by atoms with van der Waals surface area (Å²) in [4.78, 5) is 0. The number of rotatable bonds is 5. The number of allylic oxidation sites excluding steroid dienone is 4. The summed E-state index contributed by atoms with van der Waals surface area (Å²) in [5.74, 6) is 0. The highest BCUT2D eigenvalue weighted by molar-refractivity contribution is 6.95. The highest BCUT2D eigenvalue weighted by atomic mass is 28.4. The maximum Gasteiger partial charge on any atom is 0.345 e. The van der Waals surface area contributed by atoms with E-state index in [1.165, 1.54) is 49.1 Å². The van der Waals surface area contributed by atoms with Crippen LogP contribution >= 0.6 is 0 Å². The van der Waals surface area contributed by atoms with Crippen molar-refractivity contribution in [2.24, 2.45) is 0 Å². The molecule has 1 N–H and O–H groups in total. The molecule has 0 saturated carbocycles. The van der Waals surface area contributed by atoms with Crippen molar-refractivity contribution in [2.75, 3.05) is 13.2 Å². The van der Waals surface area contributed by atoms with Crippen LogP contribution in [-0.2, 0) is 8.85 Å². The molecule has 33 heavy (non-hydrogen) atoms. The lowest BCUT2D eigenvalue weighted by atomic mass is 10.4. The van der Waals surface area contributed by atoms with Crippen molar-refractivity contribution in [1.82, 2.24) is 4.65 Å². The van der Waals surface area contributed by atoms with Crippen molar-refractivity contribution < 1.29 is 8.85 Å². The lowest BCUT2D eigenvalue weighted by Gasteiger charge is -2.24. The van der Waals surface area contributed by atoms with E-state index >= 15 is 0 Å². The normalized spacial score (nSPS) is 24.7. The summed E-state index contributed by atoms with van der Waals surface area (Å²) in [5.41, 5.74) is 2.25. The molecule has 192 valence electrons. The maximum absolute atomic E-state index is 5.68. The van der Waals surface area contributed by atoms with Crippen molar-refractivity contribution >= 4 is 42.6 Å². The largest absolute Gasteiger partial charge is 0.394 e. The molecule has 4 aliphatic heterocycles. The van der Waals surface area contributed by atoms with Gasteiger partial charge in [0.05, 0.1) is 8.07 Å². The van der Waals surface area contributed by atoms with E-state index in [1.54, 1.807) is 0 Å². The molecule has 0 spiro atoms. The molecule has 0 bridgehead atoms. The fourth-order valence-corrected chi connectivity index (χ4v) is 25.2. The van der Waals surface area contributed by atoms with Gasteiger partial charge in [-0.15, -0.1) is 12.3 Å². The Morgan fingerprint density at radius 1 is 0.788 bits per heavy atom. The van der Waals surface area contributed by atoms with Crippen LogP contribution in [0.1, 0.15) is 26.7 Å². The summed E-state index contributed by atoms with van der Waals surface area (Å²) in [5, 5.41) is 0. The van der Waals surface area contributed by atoms with Gasteiger partial charge in [0.2, 0.25) is 0 Å². The van der Waals surface area contributed by atoms with Crippen LogP contribution in [0.3, 0.4) is 0 Å². The van der Waals surface area contributed by atoms with Crippen LogP contribution in [0.25, 0.3) is 0 Å². The van der Waals surface area contributed by atoms with Crippen molar-refractivity contribution in [2.45, 2.75) is 108 Å². The summed E-state index contributed by atoms with van der Waals surface area (Å²) >= 11 is 0. The highest BCUT2D eigenvalue weighted by Crippen LogP contribution is 2.30. The molecule has 0 atom stereocenters. The topological polar surface area (TPSA) is 30.5 Å². The van der Waals surface area contributed by atoms with Crippen LogP contribution in [0.4, 0.5) is 0 Å². The van der Waals surface area contributed by atoms with Crippen LogP contribution in [-0.4, -0.2) is 55.8 Å². The van der Waals surface area contributed by atoms with Gasteiger partial charge in [0.1, 0.15) is 16.5 Å². The summed E-state index contributed by atoms with van der Waals surface area (Å²) in [6.45, 7) is 21.7. The second kappa shape index (κ2) is 15.3. The third-order valence-corrected chi connectivity index (χ3v) is 24.8. The molecule has 4 rings (SSSR count). The van der Waals surface area contributed by atoms with E-state index in [0.29, 0.717) is 9.52 Å². The zero-order chi connectivity index (χ0) is 24.8. The Morgan fingerprint density at radius 3 is 1.48 bits per heavy atom. The van der Waals surface area contributed by atoms with E-state index in [0.717, 1.165) is 25.3 Å². The third-order valence-electron chi connectivity index (χ3n) is 7.04. The summed E-state index contributed by atoms with van der Waals surface area (Å²) in [6.07, 6.45) is 11.9. The number of nitrogens with one attached hydrogen (secondary N) is 1. The molecule has 0 amide bonds. The average molecular weight is 542 g/mol. The van der Waals surface area contributed by atoms with E-state index < -0.39 is 33.1 Å². The van der Waals surface area contributed by atoms with Crippen LogP contribution in [0.5, 0.6) is 0 Å². The molecule has 8 heteroatoms. The molecule has 0 aromatic carbocycles. The van der Waals surface area contributed by atoms with Gasteiger partial charge < -0.3 is 13.5 Å². The van der Waals surface area contributed by atoms with E-state index in [9.17, 15) is 0 Å². The smallest absolute Gasteiger partial charge is 0.345 e. The van der Waals surface area contributed by atoms with Crippen LogP contribution in [0.15, 0.2) is 36.6 Å². The minimum Gasteiger partial charge on any atom is -0.394 e. The fraction of sp³-hybridized carbons (Fsp3) is 0.760. The molecule has 3 nitrogen and oxygen atoms in total. The highest BCUT2D eigenvalue weighted by Gasteiger charge is 2.38. The fourth-order valence-electron chi connectivity index (χ4n) is 5.05. The van der Waals surface area contributed by atoms with Gasteiger partial charge in [-0.25, -0.2) is 0 Å². The Balaban J connectivity index is 0.000000227. The van der Waals surface area contributed by atoms with Crippen molar-refractivity contribution in [3.8, 4) is 0 Å².